The molecule has 5 nitrogen and oxygen atoms in total. The maximum absolute atomic E-state index is 12.5. The van der Waals surface area contributed by atoms with Crippen molar-refractivity contribution in [3.05, 3.63) is 60.3 Å². The Hall–Kier alpha value is -2.79. The van der Waals surface area contributed by atoms with Gasteiger partial charge in [-0.05, 0) is 49.7 Å². The van der Waals surface area contributed by atoms with Gasteiger partial charge >= 0.3 is 0 Å². The van der Waals surface area contributed by atoms with Crippen LogP contribution in [0.2, 0.25) is 0 Å². The second-order valence-electron chi connectivity index (χ2n) is 7.27. The van der Waals surface area contributed by atoms with Crippen molar-refractivity contribution < 1.29 is 9.53 Å². The molecule has 4 rings (SSSR count). The van der Waals surface area contributed by atoms with Gasteiger partial charge in [-0.3, -0.25) is 4.79 Å². The number of morpholine rings is 1. The van der Waals surface area contributed by atoms with Crippen LogP contribution in [0.4, 0.5) is 11.4 Å². The Morgan fingerprint density at radius 2 is 1.81 bits per heavy atom. The molecule has 5 heteroatoms. The van der Waals surface area contributed by atoms with Crippen LogP contribution < -0.4 is 10.2 Å². The zero-order chi connectivity index (χ0) is 18.8. The Morgan fingerprint density at radius 3 is 2.56 bits per heavy atom. The van der Waals surface area contributed by atoms with E-state index in [1.54, 1.807) is 0 Å². The zero-order valence-electron chi connectivity index (χ0n) is 15.7. The lowest BCUT2D eigenvalue weighted by Gasteiger charge is -2.40. The molecule has 0 bridgehead atoms. The van der Waals surface area contributed by atoms with Gasteiger partial charge in [0.2, 0.25) is 5.91 Å². The molecule has 1 saturated heterocycles. The number of ether oxygens (including phenoxy) is 1. The summed E-state index contributed by atoms with van der Waals surface area (Å²) in [6.45, 7) is 5.83. The summed E-state index contributed by atoms with van der Waals surface area (Å²) in [6, 6.07) is 16.8. The molecule has 1 aliphatic rings. The van der Waals surface area contributed by atoms with Crippen molar-refractivity contribution >= 4 is 28.2 Å². The number of hydrogen-bond acceptors (Lipinski definition) is 3. The summed E-state index contributed by atoms with van der Waals surface area (Å²) in [5.41, 5.74) is 4.04. The van der Waals surface area contributed by atoms with E-state index in [0.29, 0.717) is 18.5 Å². The average Bonchev–Trinajstić information content (AvgIpc) is 3.06. The van der Waals surface area contributed by atoms with Crippen molar-refractivity contribution in [2.75, 3.05) is 23.4 Å². The number of aromatic nitrogens is 1. The lowest BCUT2D eigenvalue weighted by Crippen LogP contribution is -2.49. The second-order valence-corrected chi connectivity index (χ2v) is 7.27. The molecule has 3 aromatic rings. The Kier molecular flexibility index (Phi) is 4.86. The number of anilines is 2. The van der Waals surface area contributed by atoms with Gasteiger partial charge in [0, 0.05) is 40.6 Å². The standard InChI is InChI=1S/C22H25N3O2/c1-15-13-27-14-16(2)25(15)19-9-7-18(8-10-19)24-22(26)11-17-12-23-21-6-4-3-5-20(17)21/h3-10,12,15-16,23H,11,13-14H2,1-2H3,(H,24,26). The Balaban J connectivity index is 1.43. The van der Waals surface area contributed by atoms with Crippen molar-refractivity contribution in [1.29, 1.82) is 0 Å². The first-order chi connectivity index (χ1) is 13.1. The predicted octanol–water partition coefficient (Wildman–Crippen LogP) is 3.96. The minimum atomic E-state index is -0.0133. The third-order valence-electron chi connectivity index (χ3n) is 5.14. The molecular formula is C22H25N3O2. The largest absolute Gasteiger partial charge is 0.377 e. The molecule has 27 heavy (non-hydrogen) atoms. The number of amides is 1. The molecule has 2 aromatic carbocycles. The second kappa shape index (κ2) is 7.45. The van der Waals surface area contributed by atoms with E-state index >= 15 is 0 Å². The molecule has 2 heterocycles. The minimum Gasteiger partial charge on any atom is -0.377 e. The Morgan fingerprint density at radius 1 is 1.11 bits per heavy atom. The average molecular weight is 363 g/mol. The summed E-state index contributed by atoms with van der Waals surface area (Å²) in [4.78, 5) is 18.1. The fourth-order valence-electron chi connectivity index (χ4n) is 3.89. The number of nitrogens with zero attached hydrogens (tertiary/aromatic N) is 1. The molecule has 0 aliphatic carbocycles. The number of hydrogen-bond donors (Lipinski definition) is 2. The van der Waals surface area contributed by atoms with Gasteiger partial charge in [0.1, 0.15) is 0 Å². The predicted molar refractivity (Wildman–Crippen MR) is 109 cm³/mol. The van der Waals surface area contributed by atoms with E-state index < -0.39 is 0 Å². The third kappa shape index (κ3) is 3.69. The van der Waals surface area contributed by atoms with Gasteiger partial charge in [-0.15, -0.1) is 0 Å². The van der Waals surface area contributed by atoms with Crippen LogP contribution in [0.25, 0.3) is 10.9 Å². The molecule has 2 unspecified atom stereocenters. The van der Waals surface area contributed by atoms with E-state index in [4.69, 9.17) is 4.74 Å². The Bertz CT molecular complexity index is 922. The number of nitrogens with one attached hydrogen (secondary N) is 2. The number of aromatic amines is 1. The monoisotopic (exact) mass is 363 g/mol. The van der Waals surface area contributed by atoms with Gasteiger partial charge < -0.3 is 19.9 Å². The highest BCUT2D eigenvalue weighted by atomic mass is 16.5. The van der Waals surface area contributed by atoms with Crippen molar-refractivity contribution in [1.82, 2.24) is 4.98 Å². The number of carbonyl (C=O) groups is 1. The normalized spacial score (nSPS) is 20.0. The van der Waals surface area contributed by atoms with Crippen LogP contribution in [0.1, 0.15) is 19.4 Å². The summed E-state index contributed by atoms with van der Waals surface area (Å²) in [5, 5.41) is 4.10. The van der Waals surface area contributed by atoms with Gasteiger partial charge in [-0.2, -0.15) is 0 Å². The van der Waals surface area contributed by atoms with E-state index in [1.807, 2.05) is 42.6 Å². The van der Waals surface area contributed by atoms with E-state index in [9.17, 15) is 4.79 Å². The quantitative estimate of drug-likeness (QED) is 0.738. The van der Waals surface area contributed by atoms with Crippen molar-refractivity contribution in [2.24, 2.45) is 0 Å². The van der Waals surface area contributed by atoms with Gasteiger partial charge in [-0.1, -0.05) is 18.2 Å². The lowest BCUT2D eigenvalue weighted by molar-refractivity contribution is -0.115. The fraction of sp³-hybridized carbons (Fsp3) is 0.318. The SMILES string of the molecule is CC1COCC(C)N1c1ccc(NC(=O)Cc2c[nH]c3ccccc23)cc1. The molecule has 0 saturated carbocycles. The van der Waals surface area contributed by atoms with Crippen LogP contribution in [-0.4, -0.2) is 36.2 Å². The number of para-hydroxylation sites is 1. The third-order valence-corrected chi connectivity index (χ3v) is 5.14. The molecule has 1 aliphatic heterocycles. The maximum Gasteiger partial charge on any atom is 0.228 e. The Labute approximate surface area is 159 Å². The number of rotatable bonds is 4. The topological polar surface area (TPSA) is 57.4 Å². The minimum absolute atomic E-state index is 0.0133. The molecule has 2 atom stereocenters. The summed E-state index contributed by atoms with van der Waals surface area (Å²) >= 11 is 0. The summed E-state index contributed by atoms with van der Waals surface area (Å²) in [7, 11) is 0. The highest BCUT2D eigenvalue weighted by Gasteiger charge is 2.25. The van der Waals surface area contributed by atoms with E-state index in [-0.39, 0.29) is 5.91 Å². The number of fused-ring (bicyclic) bond motifs is 1. The first-order valence-electron chi connectivity index (χ1n) is 9.43. The lowest BCUT2D eigenvalue weighted by atomic mass is 10.1. The van der Waals surface area contributed by atoms with E-state index in [2.05, 4.69) is 41.2 Å². The van der Waals surface area contributed by atoms with Gasteiger partial charge in [-0.25, -0.2) is 0 Å². The maximum atomic E-state index is 12.5. The molecule has 1 aromatic heterocycles. The van der Waals surface area contributed by atoms with Crippen LogP contribution in [0.5, 0.6) is 0 Å². The first kappa shape index (κ1) is 17.6. The van der Waals surface area contributed by atoms with Crippen molar-refractivity contribution in [3.63, 3.8) is 0 Å². The highest BCUT2D eigenvalue weighted by molar-refractivity contribution is 5.95. The molecule has 1 fully saturated rings. The van der Waals surface area contributed by atoms with Crippen molar-refractivity contribution in [2.45, 2.75) is 32.4 Å². The zero-order valence-corrected chi connectivity index (χ0v) is 15.7. The van der Waals surface area contributed by atoms with Crippen LogP contribution in [-0.2, 0) is 16.0 Å². The van der Waals surface area contributed by atoms with Gasteiger partial charge in [0.05, 0.1) is 19.6 Å². The molecule has 140 valence electrons. The summed E-state index contributed by atoms with van der Waals surface area (Å²) in [6.07, 6.45) is 2.26. The number of H-pyrrole nitrogens is 1. The number of carbonyl (C=O) groups excluding carboxylic acids is 1. The first-order valence-corrected chi connectivity index (χ1v) is 9.43. The van der Waals surface area contributed by atoms with E-state index in [1.165, 1.54) is 0 Å². The molecule has 0 radical (unpaired) electrons. The van der Waals surface area contributed by atoms with Crippen LogP contribution >= 0.6 is 0 Å². The van der Waals surface area contributed by atoms with Gasteiger partial charge in [0.25, 0.3) is 0 Å². The molecule has 2 N–H and O–H groups in total. The molecule has 0 spiro atoms. The smallest absolute Gasteiger partial charge is 0.228 e. The summed E-state index contributed by atoms with van der Waals surface area (Å²) in [5.74, 6) is -0.0133. The molecular weight excluding hydrogens is 338 g/mol. The fourth-order valence-corrected chi connectivity index (χ4v) is 3.89. The summed E-state index contributed by atoms with van der Waals surface area (Å²) < 4.78 is 5.60. The van der Waals surface area contributed by atoms with E-state index in [0.717, 1.165) is 41.1 Å². The van der Waals surface area contributed by atoms with Crippen LogP contribution in [0.3, 0.4) is 0 Å². The number of benzene rings is 2. The van der Waals surface area contributed by atoms with Crippen molar-refractivity contribution in [3.8, 4) is 0 Å². The van der Waals surface area contributed by atoms with Crippen LogP contribution in [0, 0.1) is 0 Å². The van der Waals surface area contributed by atoms with Crippen LogP contribution in [0.15, 0.2) is 54.7 Å². The molecule has 1 amide bonds. The van der Waals surface area contributed by atoms with Gasteiger partial charge in [0.15, 0.2) is 0 Å². The highest BCUT2D eigenvalue weighted by Crippen LogP contribution is 2.25.